The zero-order valence-electron chi connectivity index (χ0n) is 14.1. The zero-order valence-corrected chi connectivity index (χ0v) is 14.1. The van der Waals surface area contributed by atoms with E-state index in [1.165, 1.54) is 5.56 Å². The summed E-state index contributed by atoms with van der Waals surface area (Å²) in [5.41, 5.74) is 6.73. The molecule has 2 rings (SSSR count). The zero-order chi connectivity index (χ0) is 16.7. The van der Waals surface area contributed by atoms with E-state index in [0.717, 1.165) is 31.8 Å². The fourth-order valence-electron chi connectivity index (χ4n) is 2.94. The highest BCUT2D eigenvalue weighted by atomic mass is 16.5. The molecule has 1 aromatic carbocycles. The van der Waals surface area contributed by atoms with E-state index in [9.17, 15) is 4.79 Å². The van der Waals surface area contributed by atoms with Gasteiger partial charge in [0.2, 0.25) is 5.91 Å². The second kappa shape index (κ2) is 8.31. The molecule has 1 aliphatic heterocycles. The number of benzene rings is 1. The van der Waals surface area contributed by atoms with E-state index in [0.29, 0.717) is 19.7 Å². The number of ether oxygens (including phenoxy) is 2. The number of hydrogen-bond acceptors (Lipinski definition) is 4. The van der Waals surface area contributed by atoms with Crippen LogP contribution < -0.4 is 15.8 Å². The molecule has 5 heteroatoms. The maximum atomic E-state index is 12.1. The minimum Gasteiger partial charge on any atom is -0.494 e. The Bertz CT molecular complexity index is 495. The van der Waals surface area contributed by atoms with Crippen molar-refractivity contribution in [2.24, 2.45) is 11.7 Å². The molecule has 1 heterocycles. The Labute approximate surface area is 138 Å². The molecule has 0 aliphatic carbocycles. The van der Waals surface area contributed by atoms with Gasteiger partial charge in [0.1, 0.15) is 5.75 Å². The lowest BCUT2D eigenvalue weighted by Crippen LogP contribution is -2.46. The standard InChI is InChI=1S/C18H28N2O3/c1-3-23-16-6-4-15(5-7-16)18(8-10-22-11-9-18)13-20-17(21)14(2)12-19/h4-7,14H,3,8-13,19H2,1-2H3,(H,20,21). The van der Waals surface area contributed by atoms with Crippen molar-refractivity contribution in [2.75, 3.05) is 32.9 Å². The van der Waals surface area contributed by atoms with Crippen LogP contribution in [0.15, 0.2) is 24.3 Å². The van der Waals surface area contributed by atoms with E-state index < -0.39 is 0 Å². The highest BCUT2D eigenvalue weighted by Gasteiger charge is 2.35. The topological polar surface area (TPSA) is 73.6 Å². The number of rotatable bonds is 7. The van der Waals surface area contributed by atoms with E-state index in [4.69, 9.17) is 15.2 Å². The van der Waals surface area contributed by atoms with Crippen molar-refractivity contribution in [1.29, 1.82) is 0 Å². The largest absolute Gasteiger partial charge is 0.494 e. The summed E-state index contributed by atoms with van der Waals surface area (Å²) in [6, 6.07) is 8.21. The Morgan fingerprint density at radius 1 is 1.35 bits per heavy atom. The molecule has 0 aromatic heterocycles. The Hall–Kier alpha value is -1.59. The molecule has 128 valence electrons. The normalized spacial score (nSPS) is 18.2. The Kier molecular flexibility index (Phi) is 6.42. The van der Waals surface area contributed by atoms with Crippen molar-refractivity contribution in [2.45, 2.75) is 32.1 Å². The summed E-state index contributed by atoms with van der Waals surface area (Å²) in [4.78, 5) is 12.1. The Morgan fingerprint density at radius 2 is 2.00 bits per heavy atom. The molecule has 0 saturated carbocycles. The van der Waals surface area contributed by atoms with Gasteiger partial charge in [-0.25, -0.2) is 0 Å². The van der Waals surface area contributed by atoms with Crippen LogP contribution in [0, 0.1) is 5.92 Å². The summed E-state index contributed by atoms with van der Waals surface area (Å²) in [7, 11) is 0. The monoisotopic (exact) mass is 320 g/mol. The second-order valence-electron chi connectivity index (χ2n) is 6.20. The van der Waals surface area contributed by atoms with Crippen LogP contribution in [0.4, 0.5) is 0 Å². The van der Waals surface area contributed by atoms with Gasteiger partial charge < -0.3 is 20.5 Å². The molecule has 0 bridgehead atoms. The highest BCUT2D eigenvalue weighted by Crippen LogP contribution is 2.35. The van der Waals surface area contributed by atoms with Crippen molar-refractivity contribution >= 4 is 5.91 Å². The molecule has 3 N–H and O–H groups in total. The van der Waals surface area contributed by atoms with Gasteiger partial charge in [-0.15, -0.1) is 0 Å². The van der Waals surface area contributed by atoms with Crippen molar-refractivity contribution < 1.29 is 14.3 Å². The van der Waals surface area contributed by atoms with Crippen LogP contribution in [-0.2, 0) is 14.9 Å². The van der Waals surface area contributed by atoms with E-state index in [2.05, 4.69) is 17.4 Å². The maximum Gasteiger partial charge on any atom is 0.224 e. The number of nitrogens with two attached hydrogens (primary N) is 1. The maximum absolute atomic E-state index is 12.1. The molecule has 23 heavy (non-hydrogen) atoms. The van der Waals surface area contributed by atoms with E-state index in [1.54, 1.807) is 0 Å². The van der Waals surface area contributed by atoms with Gasteiger partial charge in [-0.1, -0.05) is 19.1 Å². The minimum absolute atomic E-state index is 0.0179. The molecule has 1 fully saturated rings. The summed E-state index contributed by atoms with van der Waals surface area (Å²) in [6.07, 6.45) is 1.80. The number of nitrogens with one attached hydrogen (secondary N) is 1. The first-order valence-corrected chi connectivity index (χ1v) is 8.40. The van der Waals surface area contributed by atoms with Gasteiger partial charge in [0.15, 0.2) is 0 Å². The number of carbonyl (C=O) groups is 1. The SMILES string of the molecule is CCOc1ccc(C2(CNC(=O)C(C)CN)CCOCC2)cc1. The van der Waals surface area contributed by atoms with Crippen LogP contribution in [0.2, 0.25) is 0 Å². The highest BCUT2D eigenvalue weighted by molar-refractivity contribution is 5.78. The van der Waals surface area contributed by atoms with Crippen LogP contribution in [-0.4, -0.2) is 38.8 Å². The fourth-order valence-corrected chi connectivity index (χ4v) is 2.94. The third-order valence-electron chi connectivity index (χ3n) is 4.63. The van der Waals surface area contributed by atoms with Gasteiger partial charge in [0.05, 0.1) is 6.61 Å². The van der Waals surface area contributed by atoms with Gasteiger partial charge >= 0.3 is 0 Å². The molecule has 1 aliphatic rings. The van der Waals surface area contributed by atoms with Crippen LogP contribution in [0.1, 0.15) is 32.3 Å². The van der Waals surface area contributed by atoms with E-state index in [-0.39, 0.29) is 17.2 Å². The van der Waals surface area contributed by atoms with E-state index >= 15 is 0 Å². The predicted octanol–water partition coefficient (Wildman–Crippen LogP) is 1.84. The van der Waals surface area contributed by atoms with Gasteiger partial charge in [0, 0.05) is 37.6 Å². The van der Waals surface area contributed by atoms with Crippen molar-refractivity contribution in [3.63, 3.8) is 0 Å². The Morgan fingerprint density at radius 3 is 2.57 bits per heavy atom. The lowest BCUT2D eigenvalue weighted by Gasteiger charge is -2.38. The quantitative estimate of drug-likeness (QED) is 0.804. The second-order valence-corrected chi connectivity index (χ2v) is 6.20. The molecular weight excluding hydrogens is 292 g/mol. The summed E-state index contributed by atoms with van der Waals surface area (Å²) in [5, 5.41) is 3.08. The van der Waals surface area contributed by atoms with Crippen molar-refractivity contribution in [1.82, 2.24) is 5.32 Å². The average Bonchev–Trinajstić information content (AvgIpc) is 2.60. The number of hydrogen-bond donors (Lipinski definition) is 2. The average molecular weight is 320 g/mol. The molecule has 0 radical (unpaired) electrons. The van der Waals surface area contributed by atoms with E-state index in [1.807, 2.05) is 26.0 Å². The van der Waals surface area contributed by atoms with Gasteiger partial charge in [-0.2, -0.15) is 0 Å². The predicted molar refractivity (Wildman–Crippen MR) is 90.6 cm³/mol. The first-order valence-electron chi connectivity index (χ1n) is 8.40. The summed E-state index contributed by atoms with van der Waals surface area (Å²) < 4.78 is 11.0. The lowest BCUT2D eigenvalue weighted by molar-refractivity contribution is -0.124. The molecule has 1 amide bonds. The molecule has 1 unspecified atom stereocenters. The molecule has 5 nitrogen and oxygen atoms in total. The smallest absolute Gasteiger partial charge is 0.224 e. The Balaban J connectivity index is 2.13. The summed E-state index contributed by atoms with van der Waals surface area (Å²) in [6.45, 7) is 6.90. The molecule has 1 atom stereocenters. The van der Waals surface area contributed by atoms with Crippen LogP contribution in [0.3, 0.4) is 0 Å². The molecule has 1 saturated heterocycles. The first kappa shape index (κ1) is 17.8. The third kappa shape index (κ3) is 4.45. The number of carbonyl (C=O) groups excluding carboxylic acids is 1. The van der Waals surface area contributed by atoms with Gasteiger partial charge in [-0.05, 0) is 37.5 Å². The van der Waals surface area contributed by atoms with Gasteiger partial charge in [0.25, 0.3) is 0 Å². The molecular formula is C18H28N2O3. The summed E-state index contributed by atoms with van der Waals surface area (Å²) in [5.74, 6) is 0.732. The van der Waals surface area contributed by atoms with Crippen LogP contribution in [0.5, 0.6) is 5.75 Å². The molecule has 0 spiro atoms. The van der Waals surface area contributed by atoms with Crippen molar-refractivity contribution in [3.05, 3.63) is 29.8 Å². The minimum atomic E-state index is -0.160. The molecule has 1 aromatic rings. The van der Waals surface area contributed by atoms with Crippen LogP contribution in [0.25, 0.3) is 0 Å². The summed E-state index contributed by atoms with van der Waals surface area (Å²) >= 11 is 0. The number of amides is 1. The van der Waals surface area contributed by atoms with Gasteiger partial charge in [-0.3, -0.25) is 4.79 Å². The first-order chi connectivity index (χ1) is 11.1. The third-order valence-corrected chi connectivity index (χ3v) is 4.63. The van der Waals surface area contributed by atoms with Crippen molar-refractivity contribution in [3.8, 4) is 5.75 Å². The lowest BCUT2D eigenvalue weighted by atomic mass is 9.74. The fraction of sp³-hybridized carbons (Fsp3) is 0.611. The van der Waals surface area contributed by atoms with Crippen LogP contribution >= 0.6 is 0 Å².